The summed E-state index contributed by atoms with van der Waals surface area (Å²) in [6, 6.07) is 0. The van der Waals surface area contributed by atoms with Crippen molar-refractivity contribution in [1.82, 2.24) is 24.6 Å². The SMILES string of the molecule is CC1CN(C(=O)Cn2cc(NC(=O)c3cnccn3)cn2)CC(C)O1. The molecule has 2 aromatic rings. The zero-order valence-corrected chi connectivity index (χ0v) is 14.1. The molecular formula is C16H20N6O3. The van der Waals surface area contributed by atoms with Crippen LogP contribution in [0.4, 0.5) is 5.69 Å². The molecule has 25 heavy (non-hydrogen) atoms. The Hall–Kier alpha value is -2.81. The van der Waals surface area contributed by atoms with Crippen LogP contribution in [0.15, 0.2) is 31.0 Å². The molecular weight excluding hydrogens is 324 g/mol. The molecule has 0 saturated carbocycles. The quantitative estimate of drug-likeness (QED) is 0.869. The summed E-state index contributed by atoms with van der Waals surface area (Å²) in [6.45, 7) is 5.15. The number of morpholine rings is 1. The Labute approximate surface area is 145 Å². The predicted octanol–water partition coefficient (Wildman–Crippen LogP) is 0.561. The minimum atomic E-state index is -0.380. The van der Waals surface area contributed by atoms with E-state index in [2.05, 4.69) is 20.4 Å². The first kappa shape index (κ1) is 17.0. The van der Waals surface area contributed by atoms with Gasteiger partial charge in [-0.3, -0.25) is 19.3 Å². The Kier molecular flexibility index (Phi) is 5.03. The van der Waals surface area contributed by atoms with Gasteiger partial charge in [-0.15, -0.1) is 0 Å². The number of carbonyl (C=O) groups is 2. The first-order valence-electron chi connectivity index (χ1n) is 8.04. The molecule has 2 atom stereocenters. The molecule has 0 radical (unpaired) electrons. The number of nitrogens with zero attached hydrogens (tertiary/aromatic N) is 5. The van der Waals surface area contributed by atoms with Gasteiger partial charge in [-0.1, -0.05) is 0 Å². The van der Waals surface area contributed by atoms with Gasteiger partial charge in [0.05, 0.1) is 30.3 Å². The Morgan fingerprint density at radius 2 is 2.00 bits per heavy atom. The van der Waals surface area contributed by atoms with Crippen molar-refractivity contribution < 1.29 is 14.3 Å². The Morgan fingerprint density at radius 1 is 1.24 bits per heavy atom. The lowest BCUT2D eigenvalue weighted by Gasteiger charge is -2.35. The van der Waals surface area contributed by atoms with E-state index in [1.54, 1.807) is 11.1 Å². The smallest absolute Gasteiger partial charge is 0.275 e. The van der Waals surface area contributed by atoms with Crippen LogP contribution < -0.4 is 5.32 Å². The van der Waals surface area contributed by atoms with Gasteiger partial charge in [-0.05, 0) is 13.8 Å². The van der Waals surface area contributed by atoms with Crippen LogP contribution in [0.1, 0.15) is 24.3 Å². The van der Waals surface area contributed by atoms with Gasteiger partial charge < -0.3 is 15.0 Å². The van der Waals surface area contributed by atoms with E-state index in [9.17, 15) is 9.59 Å². The lowest BCUT2D eigenvalue weighted by molar-refractivity contribution is -0.144. The third-order valence-electron chi connectivity index (χ3n) is 3.76. The summed E-state index contributed by atoms with van der Waals surface area (Å²) in [6.07, 6.45) is 7.46. The minimum Gasteiger partial charge on any atom is -0.372 e. The maximum atomic E-state index is 12.4. The van der Waals surface area contributed by atoms with Crippen molar-refractivity contribution in [2.45, 2.75) is 32.6 Å². The van der Waals surface area contributed by atoms with E-state index in [0.29, 0.717) is 18.8 Å². The third kappa shape index (κ3) is 4.38. The van der Waals surface area contributed by atoms with Crippen LogP contribution >= 0.6 is 0 Å². The van der Waals surface area contributed by atoms with Gasteiger partial charge in [0.2, 0.25) is 5.91 Å². The fourth-order valence-electron chi connectivity index (χ4n) is 2.75. The molecule has 9 nitrogen and oxygen atoms in total. The number of hydrogen-bond donors (Lipinski definition) is 1. The summed E-state index contributed by atoms with van der Waals surface area (Å²) >= 11 is 0. The zero-order valence-electron chi connectivity index (χ0n) is 14.1. The molecule has 1 aliphatic rings. The van der Waals surface area contributed by atoms with Crippen molar-refractivity contribution in [2.75, 3.05) is 18.4 Å². The molecule has 3 heterocycles. The first-order valence-corrected chi connectivity index (χ1v) is 8.04. The molecule has 0 aliphatic carbocycles. The summed E-state index contributed by atoms with van der Waals surface area (Å²) in [4.78, 5) is 34.0. The highest BCUT2D eigenvalue weighted by molar-refractivity contribution is 6.02. The molecule has 132 valence electrons. The molecule has 0 bridgehead atoms. The van der Waals surface area contributed by atoms with Crippen molar-refractivity contribution in [3.8, 4) is 0 Å². The largest absolute Gasteiger partial charge is 0.372 e. The highest BCUT2D eigenvalue weighted by Gasteiger charge is 2.26. The fraction of sp³-hybridized carbons (Fsp3) is 0.438. The third-order valence-corrected chi connectivity index (χ3v) is 3.76. The summed E-state index contributed by atoms with van der Waals surface area (Å²) in [7, 11) is 0. The van der Waals surface area contributed by atoms with Crippen molar-refractivity contribution in [1.29, 1.82) is 0 Å². The molecule has 2 aromatic heterocycles. The van der Waals surface area contributed by atoms with E-state index in [0.717, 1.165) is 0 Å². The molecule has 1 N–H and O–H groups in total. The summed E-state index contributed by atoms with van der Waals surface area (Å²) in [5.74, 6) is -0.410. The highest BCUT2D eigenvalue weighted by atomic mass is 16.5. The van der Waals surface area contributed by atoms with Crippen LogP contribution in [0.5, 0.6) is 0 Å². The van der Waals surface area contributed by atoms with Gasteiger partial charge >= 0.3 is 0 Å². The molecule has 1 aliphatic heterocycles. The second-order valence-corrected chi connectivity index (χ2v) is 6.03. The summed E-state index contributed by atoms with van der Waals surface area (Å²) < 4.78 is 7.13. The Morgan fingerprint density at radius 3 is 2.68 bits per heavy atom. The van der Waals surface area contributed by atoms with Gasteiger partial charge in [0.1, 0.15) is 12.2 Å². The lowest BCUT2D eigenvalue weighted by Crippen LogP contribution is -2.49. The Balaban J connectivity index is 1.58. The van der Waals surface area contributed by atoms with Gasteiger partial charge in [0.15, 0.2) is 0 Å². The molecule has 3 rings (SSSR count). The summed E-state index contributed by atoms with van der Waals surface area (Å²) in [5, 5.41) is 6.80. The van der Waals surface area contributed by atoms with E-state index >= 15 is 0 Å². The average Bonchev–Trinajstić information content (AvgIpc) is 3.01. The topological polar surface area (TPSA) is 102 Å². The van der Waals surface area contributed by atoms with E-state index in [-0.39, 0.29) is 36.3 Å². The number of amides is 2. The van der Waals surface area contributed by atoms with Crippen LogP contribution in [0.3, 0.4) is 0 Å². The second-order valence-electron chi connectivity index (χ2n) is 6.03. The molecule has 0 spiro atoms. The van der Waals surface area contributed by atoms with E-state index in [4.69, 9.17) is 4.74 Å². The summed E-state index contributed by atoms with van der Waals surface area (Å²) in [5.41, 5.74) is 0.704. The van der Waals surface area contributed by atoms with Crippen LogP contribution in [-0.4, -0.2) is 61.8 Å². The highest BCUT2D eigenvalue weighted by Crippen LogP contribution is 2.12. The second kappa shape index (κ2) is 7.39. The number of ether oxygens (including phenoxy) is 1. The van der Waals surface area contributed by atoms with Gasteiger partial charge in [-0.2, -0.15) is 5.10 Å². The van der Waals surface area contributed by atoms with Crippen molar-refractivity contribution in [2.24, 2.45) is 0 Å². The van der Waals surface area contributed by atoms with Crippen molar-refractivity contribution in [3.63, 3.8) is 0 Å². The van der Waals surface area contributed by atoms with Crippen molar-refractivity contribution in [3.05, 3.63) is 36.7 Å². The molecule has 1 saturated heterocycles. The zero-order chi connectivity index (χ0) is 17.8. The van der Waals surface area contributed by atoms with Gasteiger partial charge in [0, 0.05) is 31.7 Å². The van der Waals surface area contributed by atoms with Gasteiger partial charge in [0.25, 0.3) is 5.91 Å². The van der Waals surface area contributed by atoms with Crippen LogP contribution in [0.25, 0.3) is 0 Å². The van der Waals surface area contributed by atoms with Crippen LogP contribution in [-0.2, 0) is 16.1 Å². The number of aromatic nitrogens is 4. The molecule has 0 aromatic carbocycles. The predicted molar refractivity (Wildman–Crippen MR) is 88.8 cm³/mol. The Bertz CT molecular complexity index is 737. The first-order chi connectivity index (χ1) is 12.0. The van der Waals surface area contributed by atoms with Crippen LogP contribution in [0.2, 0.25) is 0 Å². The molecule has 2 amide bonds. The molecule has 9 heteroatoms. The maximum absolute atomic E-state index is 12.4. The normalized spacial score (nSPS) is 20.3. The average molecular weight is 344 g/mol. The number of nitrogens with one attached hydrogen (secondary N) is 1. The fourth-order valence-corrected chi connectivity index (χ4v) is 2.75. The number of rotatable bonds is 4. The standard InChI is InChI=1S/C16H20N6O3/c1-11-7-21(8-12(2)25-11)15(23)10-22-9-13(5-19-22)20-16(24)14-6-17-3-4-18-14/h3-6,9,11-12H,7-8,10H2,1-2H3,(H,20,24). The maximum Gasteiger partial charge on any atom is 0.275 e. The lowest BCUT2D eigenvalue weighted by atomic mass is 10.2. The van der Waals surface area contributed by atoms with E-state index in [1.165, 1.54) is 29.5 Å². The van der Waals surface area contributed by atoms with E-state index in [1.807, 2.05) is 13.8 Å². The van der Waals surface area contributed by atoms with E-state index < -0.39 is 0 Å². The van der Waals surface area contributed by atoms with Gasteiger partial charge in [-0.25, -0.2) is 4.98 Å². The van der Waals surface area contributed by atoms with Crippen LogP contribution in [0, 0.1) is 0 Å². The monoisotopic (exact) mass is 344 g/mol. The molecule has 1 fully saturated rings. The number of anilines is 1. The minimum absolute atomic E-state index is 0.0205. The number of carbonyl (C=O) groups excluding carboxylic acids is 2. The van der Waals surface area contributed by atoms with Crippen molar-refractivity contribution >= 4 is 17.5 Å². The molecule has 2 unspecified atom stereocenters. The number of hydrogen-bond acceptors (Lipinski definition) is 6.